The van der Waals surface area contributed by atoms with Gasteiger partial charge in [-0.25, -0.2) is 15.0 Å². The molecule has 27 heavy (non-hydrogen) atoms. The first-order valence-electron chi connectivity index (χ1n) is 9.47. The molecule has 2 rings (SSSR count). The second-order valence-corrected chi connectivity index (χ2v) is 6.52. The molecule has 148 valence electrons. The number of aromatic nitrogens is 3. The van der Waals surface area contributed by atoms with Crippen LogP contribution in [0.4, 0.5) is 5.82 Å². The van der Waals surface area contributed by atoms with Crippen LogP contribution in [0, 0.1) is 0 Å². The molecule has 2 heterocycles. The fourth-order valence-electron chi connectivity index (χ4n) is 2.81. The monoisotopic (exact) mass is 373 g/mol. The van der Waals surface area contributed by atoms with E-state index in [9.17, 15) is 0 Å². The van der Waals surface area contributed by atoms with Gasteiger partial charge in [-0.3, -0.25) is 0 Å². The molecule has 2 aromatic rings. The summed E-state index contributed by atoms with van der Waals surface area (Å²) in [4.78, 5) is 16.0. The number of hydrogen-bond donors (Lipinski definition) is 1. The minimum Gasteiger partial charge on any atom is -0.496 e. The van der Waals surface area contributed by atoms with Gasteiger partial charge in [-0.05, 0) is 19.3 Å². The van der Waals surface area contributed by atoms with Crippen molar-refractivity contribution in [3.05, 3.63) is 23.7 Å². The Kier molecular flexibility index (Phi) is 7.36. The average Bonchev–Trinajstić information content (AvgIpc) is 2.70. The Morgan fingerprint density at radius 3 is 2.33 bits per heavy atom. The number of hydrogen-bond acceptors (Lipinski definition) is 7. The molecule has 0 amide bonds. The number of ether oxygens (including phenoxy) is 2. The normalized spacial score (nSPS) is 11.0. The van der Waals surface area contributed by atoms with Crippen LogP contribution in [-0.2, 0) is 13.0 Å². The zero-order chi connectivity index (χ0) is 20.0. The maximum Gasteiger partial charge on any atom is 0.237 e. The van der Waals surface area contributed by atoms with Crippen molar-refractivity contribution in [2.75, 3.05) is 26.1 Å². The highest BCUT2D eigenvalue weighted by atomic mass is 16.5. The summed E-state index contributed by atoms with van der Waals surface area (Å²) in [7, 11) is 5.52. The van der Waals surface area contributed by atoms with E-state index in [2.05, 4.69) is 18.8 Å². The largest absolute Gasteiger partial charge is 0.496 e. The van der Waals surface area contributed by atoms with Crippen molar-refractivity contribution < 1.29 is 9.47 Å². The van der Waals surface area contributed by atoms with E-state index in [1.54, 1.807) is 13.3 Å². The van der Waals surface area contributed by atoms with Gasteiger partial charge >= 0.3 is 0 Å². The summed E-state index contributed by atoms with van der Waals surface area (Å²) in [5, 5.41) is 0. The molecule has 0 unspecified atom stereocenters. The molecular formula is C20H31N5O2. The quantitative estimate of drug-likeness (QED) is 0.722. The van der Waals surface area contributed by atoms with Crippen LogP contribution in [0.3, 0.4) is 0 Å². The van der Waals surface area contributed by atoms with Crippen molar-refractivity contribution in [2.24, 2.45) is 5.73 Å². The predicted octanol–water partition coefficient (Wildman–Crippen LogP) is 3.20. The van der Waals surface area contributed by atoms with Gasteiger partial charge in [-0.15, -0.1) is 0 Å². The third-order valence-electron chi connectivity index (χ3n) is 4.51. The van der Waals surface area contributed by atoms with Gasteiger partial charge in [0, 0.05) is 32.9 Å². The SMILES string of the molecule is CCc1nc(OC(CC)CC)c(CN)nc1-c1cnc(N(C)C)cc1OC. The predicted molar refractivity (Wildman–Crippen MR) is 108 cm³/mol. The number of rotatable bonds is 9. The highest BCUT2D eigenvalue weighted by Crippen LogP contribution is 2.34. The summed E-state index contributed by atoms with van der Waals surface area (Å²) in [5.74, 6) is 2.05. The van der Waals surface area contributed by atoms with E-state index in [0.29, 0.717) is 23.7 Å². The molecule has 0 bridgehead atoms. The minimum atomic E-state index is 0.107. The third kappa shape index (κ3) is 4.66. The summed E-state index contributed by atoms with van der Waals surface area (Å²) in [6.45, 7) is 6.50. The summed E-state index contributed by atoms with van der Waals surface area (Å²) < 4.78 is 11.7. The fourth-order valence-corrected chi connectivity index (χ4v) is 2.81. The summed E-state index contributed by atoms with van der Waals surface area (Å²) >= 11 is 0. The zero-order valence-corrected chi connectivity index (χ0v) is 17.2. The van der Waals surface area contributed by atoms with E-state index < -0.39 is 0 Å². The van der Waals surface area contributed by atoms with Crippen LogP contribution in [0.2, 0.25) is 0 Å². The van der Waals surface area contributed by atoms with Gasteiger partial charge in [-0.1, -0.05) is 20.8 Å². The van der Waals surface area contributed by atoms with Crippen LogP contribution in [0.25, 0.3) is 11.3 Å². The van der Waals surface area contributed by atoms with E-state index in [0.717, 1.165) is 35.6 Å². The molecule has 0 atom stereocenters. The molecule has 7 nitrogen and oxygen atoms in total. The molecular weight excluding hydrogens is 342 g/mol. The first kappa shape index (κ1) is 20.9. The van der Waals surface area contributed by atoms with E-state index in [1.807, 2.05) is 32.0 Å². The highest BCUT2D eigenvalue weighted by Gasteiger charge is 2.20. The lowest BCUT2D eigenvalue weighted by atomic mass is 10.1. The number of pyridine rings is 1. The van der Waals surface area contributed by atoms with Gasteiger partial charge in [0.15, 0.2) is 0 Å². The number of aryl methyl sites for hydroxylation is 1. The third-order valence-corrected chi connectivity index (χ3v) is 4.51. The molecule has 0 saturated carbocycles. The van der Waals surface area contributed by atoms with Gasteiger partial charge in [0.25, 0.3) is 0 Å². The maximum atomic E-state index is 6.07. The van der Waals surface area contributed by atoms with Crippen molar-refractivity contribution >= 4 is 5.82 Å². The molecule has 0 aliphatic heterocycles. The molecule has 7 heteroatoms. The Labute approximate surface area is 161 Å². The van der Waals surface area contributed by atoms with Gasteiger partial charge in [0.1, 0.15) is 17.3 Å². The molecule has 0 spiro atoms. The standard InChI is InChI=1S/C20H31N5O2/c1-7-13(8-2)27-20-16(11-21)23-19(15(9-3)24-20)14-12-22-18(25(4)5)10-17(14)26-6/h10,12-13H,7-9,11,21H2,1-6H3. The lowest BCUT2D eigenvalue weighted by Gasteiger charge is -2.20. The van der Waals surface area contributed by atoms with Crippen LogP contribution < -0.4 is 20.1 Å². The Morgan fingerprint density at radius 1 is 1.11 bits per heavy atom. The van der Waals surface area contributed by atoms with Gasteiger partial charge in [0.05, 0.1) is 30.2 Å². The Bertz CT molecular complexity index is 760. The van der Waals surface area contributed by atoms with Crippen molar-refractivity contribution in [1.29, 1.82) is 0 Å². The Hall–Kier alpha value is -2.41. The summed E-state index contributed by atoms with van der Waals surface area (Å²) in [5.41, 5.74) is 8.97. The molecule has 0 aromatic carbocycles. The molecule has 0 radical (unpaired) electrons. The van der Waals surface area contributed by atoms with Gasteiger partial charge in [0.2, 0.25) is 5.88 Å². The van der Waals surface area contributed by atoms with Crippen LogP contribution in [0.5, 0.6) is 11.6 Å². The van der Waals surface area contributed by atoms with Gasteiger partial charge < -0.3 is 20.1 Å². The van der Waals surface area contributed by atoms with E-state index in [1.165, 1.54) is 0 Å². The average molecular weight is 374 g/mol. The van der Waals surface area contributed by atoms with Crippen molar-refractivity contribution in [3.8, 4) is 22.9 Å². The first-order valence-corrected chi connectivity index (χ1v) is 9.47. The van der Waals surface area contributed by atoms with Gasteiger partial charge in [-0.2, -0.15) is 0 Å². The van der Waals surface area contributed by atoms with Crippen molar-refractivity contribution in [2.45, 2.75) is 52.7 Å². The summed E-state index contributed by atoms with van der Waals surface area (Å²) in [6.07, 6.45) is 4.42. The topological polar surface area (TPSA) is 86.4 Å². The zero-order valence-electron chi connectivity index (χ0n) is 17.2. The number of nitrogens with two attached hydrogens (primary N) is 1. The first-order chi connectivity index (χ1) is 13.0. The van der Waals surface area contributed by atoms with E-state index in [-0.39, 0.29) is 12.6 Å². The fraction of sp³-hybridized carbons (Fsp3) is 0.550. The molecule has 0 fully saturated rings. The smallest absolute Gasteiger partial charge is 0.237 e. The molecule has 0 saturated heterocycles. The highest BCUT2D eigenvalue weighted by molar-refractivity contribution is 5.70. The number of anilines is 1. The minimum absolute atomic E-state index is 0.107. The molecule has 2 aromatic heterocycles. The van der Waals surface area contributed by atoms with Crippen molar-refractivity contribution in [1.82, 2.24) is 15.0 Å². The number of methoxy groups -OCH3 is 1. The second kappa shape index (κ2) is 9.50. The van der Waals surface area contributed by atoms with Crippen LogP contribution in [0.1, 0.15) is 45.0 Å². The molecule has 0 aliphatic carbocycles. The molecule has 0 aliphatic rings. The van der Waals surface area contributed by atoms with E-state index in [4.69, 9.17) is 25.2 Å². The van der Waals surface area contributed by atoms with Crippen LogP contribution >= 0.6 is 0 Å². The summed E-state index contributed by atoms with van der Waals surface area (Å²) in [6, 6.07) is 1.90. The van der Waals surface area contributed by atoms with Crippen LogP contribution in [-0.4, -0.2) is 42.3 Å². The lowest BCUT2D eigenvalue weighted by Crippen LogP contribution is -2.18. The molecule has 2 N–H and O–H groups in total. The maximum absolute atomic E-state index is 6.07. The number of nitrogens with zero attached hydrogens (tertiary/aromatic N) is 4. The Balaban J connectivity index is 2.57. The van der Waals surface area contributed by atoms with Crippen LogP contribution in [0.15, 0.2) is 12.3 Å². The Morgan fingerprint density at radius 2 is 1.81 bits per heavy atom. The lowest BCUT2D eigenvalue weighted by molar-refractivity contribution is 0.181. The van der Waals surface area contributed by atoms with E-state index >= 15 is 0 Å². The van der Waals surface area contributed by atoms with Crippen molar-refractivity contribution in [3.63, 3.8) is 0 Å². The second-order valence-electron chi connectivity index (χ2n) is 6.52.